The van der Waals surface area contributed by atoms with Crippen molar-refractivity contribution in [3.63, 3.8) is 0 Å². The van der Waals surface area contributed by atoms with Crippen LogP contribution in [0.1, 0.15) is 12.1 Å². The molecule has 1 atom stereocenters. The summed E-state index contributed by atoms with van der Waals surface area (Å²) in [7, 11) is 0. The molecule has 1 aromatic heterocycles. The van der Waals surface area contributed by atoms with Gasteiger partial charge in [-0.05, 0) is 6.42 Å². The molecule has 1 aromatic rings. The van der Waals surface area contributed by atoms with Crippen LogP contribution in [0.4, 0.5) is 5.82 Å². The second-order valence-electron chi connectivity index (χ2n) is 3.97. The third kappa shape index (κ3) is 1.90. The Morgan fingerprint density at radius 1 is 1.59 bits per heavy atom. The van der Waals surface area contributed by atoms with Crippen LogP contribution in [0, 0.1) is 11.3 Å². The number of carboxylic acid groups (broad SMARTS) is 1. The smallest absolute Gasteiger partial charge is 0.325 e. The highest BCUT2D eigenvalue weighted by atomic mass is 16.4. The Hall–Kier alpha value is -2.20. The molecule has 1 aliphatic rings. The fourth-order valence-electron chi connectivity index (χ4n) is 1.83. The first kappa shape index (κ1) is 11.3. The SMILES string of the molecule is N#Cc1nccnc1N1CCC(N)(C(=O)O)C1. The number of nitrogens with zero attached hydrogens (tertiary/aromatic N) is 4. The maximum atomic E-state index is 11.0. The van der Waals surface area contributed by atoms with Crippen LogP contribution in [0.25, 0.3) is 0 Å². The van der Waals surface area contributed by atoms with E-state index in [2.05, 4.69) is 9.97 Å². The summed E-state index contributed by atoms with van der Waals surface area (Å²) in [6, 6.07) is 1.93. The molecule has 0 saturated carbocycles. The zero-order chi connectivity index (χ0) is 12.5. The van der Waals surface area contributed by atoms with E-state index >= 15 is 0 Å². The van der Waals surface area contributed by atoms with Gasteiger partial charge in [0.2, 0.25) is 0 Å². The first-order chi connectivity index (χ1) is 8.07. The molecule has 2 heterocycles. The van der Waals surface area contributed by atoms with Crippen molar-refractivity contribution < 1.29 is 9.90 Å². The molecule has 2 rings (SSSR count). The first-order valence-corrected chi connectivity index (χ1v) is 5.05. The largest absolute Gasteiger partial charge is 0.480 e. The van der Waals surface area contributed by atoms with Crippen LogP contribution in [0.3, 0.4) is 0 Å². The predicted octanol–water partition coefficient (Wildman–Crippen LogP) is -0.660. The van der Waals surface area contributed by atoms with Crippen LogP contribution in [0.5, 0.6) is 0 Å². The van der Waals surface area contributed by atoms with Crippen LogP contribution >= 0.6 is 0 Å². The van der Waals surface area contributed by atoms with Crippen molar-refractivity contribution >= 4 is 11.8 Å². The molecule has 3 N–H and O–H groups in total. The first-order valence-electron chi connectivity index (χ1n) is 5.05. The summed E-state index contributed by atoms with van der Waals surface area (Å²) in [5.41, 5.74) is 4.66. The van der Waals surface area contributed by atoms with E-state index in [1.54, 1.807) is 4.90 Å². The van der Waals surface area contributed by atoms with Crippen molar-refractivity contribution in [1.82, 2.24) is 9.97 Å². The average Bonchev–Trinajstić information content (AvgIpc) is 2.73. The Morgan fingerprint density at radius 3 is 2.88 bits per heavy atom. The molecule has 1 saturated heterocycles. The molecule has 1 fully saturated rings. The lowest BCUT2D eigenvalue weighted by molar-refractivity contribution is -0.142. The monoisotopic (exact) mass is 233 g/mol. The summed E-state index contributed by atoms with van der Waals surface area (Å²) in [5, 5.41) is 17.9. The maximum Gasteiger partial charge on any atom is 0.325 e. The lowest BCUT2D eigenvalue weighted by Gasteiger charge is -2.20. The second kappa shape index (κ2) is 3.99. The Kier molecular flexibility index (Phi) is 2.65. The molecule has 0 aromatic carbocycles. The number of nitrogens with two attached hydrogens (primary N) is 1. The third-order valence-electron chi connectivity index (χ3n) is 2.81. The topological polar surface area (TPSA) is 116 Å². The Labute approximate surface area is 97.5 Å². The summed E-state index contributed by atoms with van der Waals surface area (Å²) in [6.45, 7) is 0.589. The maximum absolute atomic E-state index is 11.0. The van der Waals surface area contributed by atoms with Crippen LogP contribution < -0.4 is 10.6 Å². The number of carbonyl (C=O) groups is 1. The highest BCUT2D eigenvalue weighted by Crippen LogP contribution is 2.25. The van der Waals surface area contributed by atoms with E-state index in [1.807, 2.05) is 6.07 Å². The molecular weight excluding hydrogens is 222 g/mol. The van der Waals surface area contributed by atoms with Crippen LogP contribution in [-0.2, 0) is 4.79 Å². The van der Waals surface area contributed by atoms with Gasteiger partial charge in [-0.2, -0.15) is 5.26 Å². The van der Waals surface area contributed by atoms with E-state index in [4.69, 9.17) is 16.1 Å². The third-order valence-corrected chi connectivity index (χ3v) is 2.81. The van der Waals surface area contributed by atoms with Gasteiger partial charge in [-0.1, -0.05) is 0 Å². The number of anilines is 1. The van der Waals surface area contributed by atoms with Crippen molar-refractivity contribution in [2.24, 2.45) is 5.73 Å². The van der Waals surface area contributed by atoms with Crippen molar-refractivity contribution in [3.05, 3.63) is 18.1 Å². The lowest BCUT2D eigenvalue weighted by atomic mass is 10.0. The Balaban J connectivity index is 2.27. The standard InChI is InChI=1S/C10H11N5O2/c11-5-7-8(14-3-2-13-7)15-4-1-10(12,6-15)9(16)17/h2-3H,1,4,6,12H2,(H,16,17). The van der Waals surface area contributed by atoms with E-state index in [-0.39, 0.29) is 12.2 Å². The number of aliphatic carboxylic acids is 1. The molecule has 0 radical (unpaired) electrons. The van der Waals surface area contributed by atoms with Crippen LogP contribution in [0.2, 0.25) is 0 Å². The minimum atomic E-state index is -1.27. The number of carboxylic acids is 1. The predicted molar refractivity (Wildman–Crippen MR) is 58.1 cm³/mol. The fraction of sp³-hybridized carbons (Fsp3) is 0.400. The molecule has 1 aliphatic heterocycles. The van der Waals surface area contributed by atoms with Gasteiger partial charge in [0.1, 0.15) is 11.6 Å². The van der Waals surface area contributed by atoms with Crippen LogP contribution in [-0.4, -0.2) is 39.7 Å². The van der Waals surface area contributed by atoms with Gasteiger partial charge in [-0.25, -0.2) is 9.97 Å². The zero-order valence-electron chi connectivity index (χ0n) is 9.00. The summed E-state index contributed by atoms with van der Waals surface area (Å²) >= 11 is 0. The number of aromatic nitrogens is 2. The summed E-state index contributed by atoms with van der Waals surface area (Å²) in [5.74, 6) is -0.647. The molecule has 0 amide bonds. The molecule has 0 bridgehead atoms. The number of hydrogen-bond acceptors (Lipinski definition) is 6. The normalized spacial score (nSPS) is 23.4. The summed E-state index contributed by atoms with van der Waals surface area (Å²) in [6.07, 6.45) is 3.21. The second-order valence-corrected chi connectivity index (χ2v) is 3.97. The fourth-order valence-corrected chi connectivity index (χ4v) is 1.83. The van der Waals surface area contributed by atoms with Gasteiger partial charge in [-0.3, -0.25) is 4.79 Å². The van der Waals surface area contributed by atoms with Crippen LogP contribution in [0.15, 0.2) is 12.4 Å². The molecule has 0 spiro atoms. The quantitative estimate of drug-likeness (QED) is 0.696. The number of nitriles is 1. The Bertz CT molecular complexity index is 498. The Morgan fingerprint density at radius 2 is 2.29 bits per heavy atom. The van der Waals surface area contributed by atoms with Gasteiger partial charge in [0, 0.05) is 25.5 Å². The van der Waals surface area contributed by atoms with Crippen molar-refractivity contribution in [2.45, 2.75) is 12.0 Å². The van der Waals surface area contributed by atoms with E-state index in [1.165, 1.54) is 12.4 Å². The molecule has 7 nitrogen and oxygen atoms in total. The van der Waals surface area contributed by atoms with Gasteiger partial charge in [-0.15, -0.1) is 0 Å². The number of rotatable bonds is 2. The van der Waals surface area contributed by atoms with E-state index in [9.17, 15) is 4.79 Å². The van der Waals surface area contributed by atoms with Gasteiger partial charge < -0.3 is 15.7 Å². The minimum Gasteiger partial charge on any atom is -0.480 e. The molecule has 88 valence electrons. The average molecular weight is 233 g/mol. The van der Waals surface area contributed by atoms with E-state index in [0.717, 1.165) is 0 Å². The molecule has 0 aliphatic carbocycles. The zero-order valence-corrected chi connectivity index (χ0v) is 9.00. The van der Waals surface area contributed by atoms with Gasteiger partial charge >= 0.3 is 5.97 Å². The lowest BCUT2D eigenvalue weighted by Crippen LogP contribution is -2.50. The van der Waals surface area contributed by atoms with Gasteiger partial charge in [0.05, 0.1) is 0 Å². The number of hydrogen-bond donors (Lipinski definition) is 2. The molecular formula is C10H11N5O2. The van der Waals surface area contributed by atoms with Gasteiger partial charge in [0.25, 0.3) is 0 Å². The molecule has 17 heavy (non-hydrogen) atoms. The van der Waals surface area contributed by atoms with Crippen molar-refractivity contribution in [3.8, 4) is 6.07 Å². The minimum absolute atomic E-state index is 0.135. The van der Waals surface area contributed by atoms with Gasteiger partial charge in [0.15, 0.2) is 11.5 Å². The van der Waals surface area contributed by atoms with E-state index in [0.29, 0.717) is 18.8 Å². The highest BCUT2D eigenvalue weighted by molar-refractivity contribution is 5.80. The molecule has 1 unspecified atom stereocenters. The summed E-state index contributed by atoms with van der Waals surface area (Å²) in [4.78, 5) is 20.6. The van der Waals surface area contributed by atoms with Crippen molar-refractivity contribution in [2.75, 3.05) is 18.0 Å². The highest BCUT2D eigenvalue weighted by Gasteiger charge is 2.42. The summed E-state index contributed by atoms with van der Waals surface area (Å²) < 4.78 is 0. The van der Waals surface area contributed by atoms with Crippen molar-refractivity contribution in [1.29, 1.82) is 5.26 Å². The van der Waals surface area contributed by atoms with E-state index < -0.39 is 11.5 Å². The molecule has 7 heteroatoms.